The van der Waals surface area contributed by atoms with Crippen LogP contribution >= 0.6 is 12.4 Å². The molecule has 0 aliphatic carbocycles. The summed E-state index contributed by atoms with van der Waals surface area (Å²) in [7, 11) is 1.93. The second-order valence-corrected chi connectivity index (χ2v) is 6.42. The summed E-state index contributed by atoms with van der Waals surface area (Å²) >= 11 is 0. The Balaban J connectivity index is 0.00000225. The van der Waals surface area contributed by atoms with Crippen LogP contribution in [0.1, 0.15) is 24.2 Å². The van der Waals surface area contributed by atoms with Gasteiger partial charge in [0, 0.05) is 32.1 Å². The number of aromatic nitrogens is 2. The van der Waals surface area contributed by atoms with Gasteiger partial charge < -0.3 is 14.6 Å². The normalized spacial score (nSPS) is 19.4. The third kappa shape index (κ3) is 6.08. The van der Waals surface area contributed by atoms with Crippen LogP contribution in [0.4, 0.5) is 0 Å². The number of rotatable bonds is 7. The third-order valence-electron chi connectivity index (χ3n) is 4.37. The number of halogens is 1. The van der Waals surface area contributed by atoms with Crippen LogP contribution in [-0.4, -0.2) is 53.9 Å². The van der Waals surface area contributed by atoms with Crippen LogP contribution in [0.25, 0.3) is 0 Å². The van der Waals surface area contributed by atoms with Crippen molar-refractivity contribution in [2.45, 2.75) is 38.5 Å². The van der Waals surface area contributed by atoms with Crippen LogP contribution in [0.5, 0.6) is 0 Å². The van der Waals surface area contributed by atoms with Gasteiger partial charge in [-0.1, -0.05) is 35.5 Å². The summed E-state index contributed by atoms with van der Waals surface area (Å²) in [6, 6.07) is 10.9. The van der Waals surface area contributed by atoms with E-state index in [1.807, 2.05) is 13.1 Å². The molecule has 0 spiro atoms. The van der Waals surface area contributed by atoms with Gasteiger partial charge in [0.2, 0.25) is 5.89 Å². The van der Waals surface area contributed by atoms with Gasteiger partial charge in [-0.15, -0.1) is 12.4 Å². The number of nitrogens with zero attached hydrogens (tertiary/aromatic N) is 3. The fourth-order valence-corrected chi connectivity index (χ4v) is 2.92. The van der Waals surface area contributed by atoms with Gasteiger partial charge in [0.1, 0.15) is 0 Å². The number of likely N-dealkylation sites (N-methyl/N-ethyl adjacent to an activating group) is 1. The zero-order chi connectivity index (χ0) is 16.8. The fourth-order valence-electron chi connectivity index (χ4n) is 2.92. The van der Waals surface area contributed by atoms with Gasteiger partial charge in [-0.25, -0.2) is 0 Å². The molecule has 1 saturated heterocycles. The molecule has 1 aromatic heterocycles. The highest BCUT2D eigenvalue weighted by Gasteiger charge is 2.23. The molecule has 0 amide bonds. The van der Waals surface area contributed by atoms with Gasteiger partial charge in [-0.05, 0) is 19.5 Å². The lowest BCUT2D eigenvalue weighted by molar-refractivity contribution is -0.0335. The lowest BCUT2D eigenvalue weighted by atomic mass is 10.1. The Bertz CT molecular complexity index is 623. The highest BCUT2D eigenvalue weighted by molar-refractivity contribution is 5.85. The first-order valence-electron chi connectivity index (χ1n) is 8.59. The topological polar surface area (TPSA) is 63.4 Å². The molecule has 7 heteroatoms. The van der Waals surface area contributed by atoms with E-state index in [1.54, 1.807) is 0 Å². The summed E-state index contributed by atoms with van der Waals surface area (Å²) in [5, 5.41) is 7.24. The predicted octanol–water partition coefficient (Wildman–Crippen LogP) is 2.09. The van der Waals surface area contributed by atoms with Crippen molar-refractivity contribution in [3.05, 3.63) is 47.6 Å². The van der Waals surface area contributed by atoms with Crippen molar-refractivity contribution in [2.75, 3.05) is 26.7 Å². The number of nitrogens with one attached hydrogen (secondary N) is 1. The van der Waals surface area contributed by atoms with Gasteiger partial charge in [-0.2, -0.15) is 4.98 Å². The Morgan fingerprint density at radius 1 is 1.32 bits per heavy atom. The first-order valence-corrected chi connectivity index (χ1v) is 8.59. The molecule has 1 aliphatic heterocycles. The van der Waals surface area contributed by atoms with Gasteiger partial charge in [-0.3, -0.25) is 4.90 Å². The monoisotopic (exact) mass is 366 g/mol. The van der Waals surface area contributed by atoms with Gasteiger partial charge >= 0.3 is 0 Å². The average Bonchev–Trinajstić information content (AvgIpc) is 3.03. The maximum atomic E-state index is 5.88. The molecule has 1 aliphatic rings. The minimum absolute atomic E-state index is 0. The Morgan fingerprint density at radius 2 is 2.12 bits per heavy atom. The number of hydrogen-bond acceptors (Lipinski definition) is 6. The minimum atomic E-state index is 0. The lowest BCUT2D eigenvalue weighted by Crippen LogP contribution is -2.42. The van der Waals surface area contributed by atoms with Crippen molar-refractivity contribution in [3.63, 3.8) is 0 Å². The molecular weight excluding hydrogens is 340 g/mol. The van der Waals surface area contributed by atoms with E-state index in [1.165, 1.54) is 5.56 Å². The molecule has 2 unspecified atom stereocenters. The first kappa shape index (κ1) is 19.8. The summed E-state index contributed by atoms with van der Waals surface area (Å²) in [5.74, 6) is 1.42. The third-order valence-corrected chi connectivity index (χ3v) is 4.37. The number of hydrogen-bond donors (Lipinski definition) is 1. The molecule has 2 atom stereocenters. The number of benzene rings is 1. The lowest BCUT2D eigenvalue weighted by Gasteiger charge is -2.32. The van der Waals surface area contributed by atoms with Crippen molar-refractivity contribution < 1.29 is 9.26 Å². The molecule has 2 aromatic rings. The van der Waals surface area contributed by atoms with Crippen molar-refractivity contribution in [2.24, 2.45) is 0 Å². The largest absolute Gasteiger partial charge is 0.375 e. The fraction of sp³-hybridized carbons (Fsp3) is 0.556. The molecule has 3 rings (SSSR count). The van der Waals surface area contributed by atoms with Crippen molar-refractivity contribution in [1.82, 2.24) is 20.4 Å². The summed E-state index contributed by atoms with van der Waals surface area (Å²) in [6.07, 6.45) is 1.55. The molecule has 1 fully saturated rings. The molecule has 0 bridgehead atoms. The van der Waals surface area contributed by atoms with Crippen LogP contribution in [-0.2, 0) is 24.1 Å². The molecule has 0 radical (unpaired) electrons. The number of ether oxygens (including phenoxy) is 1. The summed E-state index contributed by atoms with van der Waals surface area (Å²) in [4.78, 5) is 6.91. The van der Waals surface area contributed by atoms with E-state index in [2.05, 4.69) is 51.5 Å². The van der Waals surface area contributed by atoms with E-state index in [0.717, 1.165) is 38.5 Å². The van der Waals surface area contributed by atoms with E-state index in [4.69, 9.17) is 9.26 Å². The summed E-state index contributed by atoms with van der Waals surface area (Å²) in [5.41, 5.74) is 1.33. The van der Waals surface area contributed by atoms with E-state index in [0.29, 0.717) is 18.4 Å². The van der Waals surface area contributed by atoms with E-state index < -0.39 is 0 Å². The second-order valence-electron chi connectivity index (χ2n) is 6.42. The zero-order valence-corrected chi connectivity index (χ0v) is 15.7. The summed E-state index contributed by atoms with van der Waals surface area (Å²) in [6.45, 7) is 5.65. The Morgan fingerprint density at radius 3 is 2.88 bits per heavy atom. The molecule has 0 saturated carbocycles. The predicted molar refractivity (Wildman–Crippen MR) is 98.9 cm³/mol. The van der Waals surface area contributed by atoms with Crippen LogP contribution in [0.3, 0.4) is 0 Å². The Kier molecular flexibility index (Phi) is 7.84. The van der Waals surface area contributed by atoms with Crippen LogP contribution in [0.2, 0.25) is 0 Å². The summed E-state index contributed by atoms with van der Waals surface area (Å²) < 4.78 is 11.3. The smallest absolute Gasteiger partial charge is 0.229 e. The minimum Gasteiger partial charge on any atom is -0.375 e. The SMILES string of the molecule is CNC(C)Cc1noc(CC2CN(Cc3ccccc3)CCO2)n1.Cl. The highest BCUT2D eigenvalue weighted by Crippen LogP contribution is 2.14. The molecule has 2 heterocycles. The van der Waals surface area contributed by atoms with E-state index in [9.17, 15) is 0 Å². The van der Waals surface area contributed by atoms with Gasteiger partial charge in [0.15, 0.2) is 5.82 Å². The molecule has 25 heavy (non-hydrogen) atoms. The van der Waals surface area contributed by atoms with E-state index >= 15 is 0 Å². The number of morpholine rings is 1. The van der Waals surface area contributed by atoms with Crippen molar-refractivity contribution in [3.8, 4) is 0 Å². The zero-order valence-electron chi connectivity index (χ0n) is 14.9. The van der Waals surface area contributed by atoms with Crippen LogP contribution < -0.4 is 5.32 Å². The Labute approximate surface area is 155 Å². The maximum absolute atomic E-state index is 5.88. The van der Waals surface area contributed by atoms with Crippen LogP contribution in [0.15, 0.2) is 34.9 Å². The average molecular weight is 367 g/mol. The van der Waals surface area contributed by atoms with Gasteiger partial charge in [0.25, 0.3) is 0 Å². The second kappa shape index (κ2) is 9.87. The Hall–Kier alpha value is -1.47. The standard InChI is InChI=1S/C18H26N4O2.ClH/c1-14(19-2)10-17-20-18(24-21-17)11-16-13-22(8-9-23-16)12-15-6-4-3-5-7-15;/h3-7,14,16,19H,8-13H2,1-2H3;1H. The molecular formula is C18H27ClN4O2. The maximum Gasteiger partial charge on any atom is 0.229 e. The highest BCUT2D eigenvalue weighted by atomic mass is 35.5. The van der Waals surface area contributed by atoms with Crippen molar-refractivity contribution >= 4 is 12.4 Å². The van der Waals surface area contributed by atoms with Gasteiger partial charge in [0.05, 0.1) is 19.1 Å². The molecule has 1 N–H and O–H groups in total. The first-order chi connectivity index (χ1) is 11.7. The van der Waals surface area contributed by atoms with Crippen molar-refractivity contribution in [1.29, 1.82) is 0 Å². The molecule has 138 valence electrons. The quantitative estimate of drug-likeness (QED) is 0.809. The molecule has 1 aromatic carbocycles. The van der Waals surface area contributed by atoms with E-state index in [-0.39, 0.29) is 18.5 Å². The molecule has 6 nitrogen and oxygen atoms in total. The van der Waals surface area contributed by atoms with Crippen LogP contribution in [0, 0.1) is 0 Å².